The average molecular weight is 372 g/mol. The fraction of sp³-hybridized carbons (Fsp3) is 0.0556. The lowest BCUT2D eigenvalue weighted by Crippen LogP contribution is -2.33. The Kier molecular flexibility index (Phi) is 4.30. The van der Waals surface area contributed by atoms with E-state index in [1.807, 2.05) is 42.5 Å². The number of hydrogen-bond donors (Lipinski definition) is 1. The topological polar surface area (TPSA) is 41.6 Å². The van der Waals surface area contributed by atoms with Gasteiger partial charge in [0.25, 0.3) is 0 Å². The molecule has 0 aromatic heterocycles. The van der Waals surface area contributed by atoms with E-state index in [1.54, 1.807) is 24.1 Å². The molecule has 0 heterocycles. The molecule has 0 spiro atoms. The zero-order chi connectivity index (χ0) is 16.4. The van der Waals surface area contributed by atoms with E-state index in [-0.39, 0.29) is 5.82 Å². The van der Waals surface area contributed by atoms with Crippen LogP contribution in [0.15, 0.2) is 70.1 Å². The fourth-order valence-corrected chi connectivity index (χ4v) is 2.70. The maximum atomic E-state index is 13.4. The number of rotatable bonds is 2. The van der Waals surface area contributed by atoms with Crippen molar-refractivity contribution < 1.29 is 4.39 Å². The third kappa shape index (κ3) is 3.19. The summed E-state index contributed by atoms with van der Waals surface area (Å²) in [6.07, 6.45) is 0. The van der Waals surface area contributed by atoms with Crippen molar-refractivity contribution in [1.82, 2.24) is 0 Å². The summed E-state index contributed by atoms with van der Waals surface area (Å²) in [5.74, 6) is 0.0200. The van der Waals surface area contributed by atoms with Gasteiger partial charge in [-0.05, 0) is 45.6 Å². The van der Waals surface area contributed by atoms with E-state index < -0.39 is 0 Å². The van der Waals surface area contributed by atoms with Crippen LogP contribution in [0.2, 0.25) is 0 Å². The van der Waals surface area contributed by atoms with Crippen LogP contribution in [0, 0.1) is 5.82 Å². The van der Waals surface area contributed by atoms with E-state index in [0.29, 0.717) is 10.4 Å². The Morgan fingerprint density at radius 1 is 1.09 bits per heavy atom. The van der Waals surface area contributed by atoms with Crippen LogP contribution in [0.25, 0.3) is 10.8 Å². The fourth-order valence-electron chi connectivity index (χ4n) is 2.33. The summed E-state index contributed by atoms with van der Waals surface area (Å²) in [5, 5.41) is 2.14. The van der Waals surface area contributed by atoms with Crippen molar-refractivity contribution >= 4 is 44.0 Å². The number of nitrogens with zero attached hydrogens (tertiary/aromatic N) is 2. The molecule has 0 fully saturated rings. The standard InChI is InChI=1S/C18H15BrFN3/c1-23(13-9-10-16(20)15(19)11-13)18(21)22-17-8-4-6-12-5-2-3-7-14(12)17/h2-11H,1H3,(H2,21,22). The van der Waals surface area contributed by atoms with Gasteiger partial charge in [-0.3, -0.25) is 0 Å². The number of benzene rings is 3. The van der Waals surface area contributed by atoms with Gasteiger partial charge in [0, 0.05) is 18.1 Å². The van der Waals surface area contributed by atoms with Gasteiger partial charge in [-0.15, -0.1) is 0 Å². The van der Waals surface area contributed by atoms with Gasteiger partial charge in [-0.25, -0.2) is 9.38 Å². The average Bonchev–Trinajstić information content (AvgIpc) is 2.57. The first kappa shape index (κ1) is 15.5. The van der Waals surface area contributed by atoms with E-state index in [9.17, 15) is 4.39 Å². The summed E-state index contributed by atoms with van der Waals surface area (Å²) in [6, 6.07) is 18.6. The normalized spacial score (nSPS) is 11.7. The molecule has 0 atom stereocenters. The number of nitrogens with two attached hydrogens (primary N) is 1. The first-order valence-electron chi connectivity index (χ1n) is 7.07. The van der Waals surface area contributed by atoms with Gasteiger partial charge in [0.05, 0.1) is 10.2 Å². The minimum absolute atomic E-state index is 0.313. The van der Waals surface area contributed by atoms with E-state index in [4.69, 9.17) is 5.73 Å². The van der Waals surface area contributed by atoms with Crippen LogP contribution < -0.4 is 10.6 Å². The van der Waals surface area contributed by atoms with Gasteiger partial charge in [0.15, 0.2) is 0 Å². The molecule has 0 amide bonds. The Balaban J connectivity index is 1.99. The SMILES string of the molecule is CN(C(N)=Nc1cccc2ccccc12)c1ccc(F)c(Br)c1. The molecule has 3 aromatic rings. The number of aliphatic imine (C=N–C) groups is 1. The monoisotopic (exact) mass is 371 g/mol. The molecular formula is C18H15BrFN3. The lowest BCUT2D eigenvalue weighted by atomic mass is 10.1. The van der Waals surface area contributed by atoms with Gasteiger partial charge in [0.2, 0.25) is 5.96 Å². The second kappa shape index (κ2) is 6.38. The number of guanidine groups is 1. The molecule has 3 aromatic carbocycles. The zero-order valence-corrected chi connectivity index (χ0v) is 14.1. The molecule has 3 rings (SSSR count). The van der Waals surface area contributed by atoms with Gasteiger partial charge in [-0.1, -0.05) is 36.4 Å². The highest BCUT2D eigenvalue weighted by Crippen LogP contribution is 2.27. The first-order chi connectivity index (χ1) is 11.1. The molecule has 0 bridgehead atoms. The molecule has 0 saturated carbocycles. The molecule has 0 radical (unpaired) electrons. The third-order valence-electron chi connectivity index (χ3n) is 3.64. The van der Waals surface area contributed by atoms with Crippen LogP contribution in [-0.2, 0) is 0 Å². The van der Waals surface area contributed by atoms with E-state index >= 15 is 0 Å². The summed E-state index contributed by atoms with van der Waals surface area (Å²) in [4.78, 5) is 6.24. The molecule has 3 nitrogen and oxygen atoms in total. The third-order valence-corrected chi connectivity index (χ3v) is 4.24. The molecule has 0 saturated heterocycles. The smallest absolute Gasteiger partial charge is 0.200 e. The van der Waals surface area contributed by atoms with Crippen LogP contribution in [0.4, 0.5) is 15.8 Å². The summed E-state index contributed by atoms with van der Waals surface area (Å²) >= 11 is 3.18. The summed E-state index contributed by atoms with van der Waals surface area (Å²) in [7, 11) is 1.80. The highest BCUT2D eigenvalue weighted by Gasteiger charge is 2.09. The molecule has 0 aliphatic rings. The van der Waals surface area contributed by atoms with Gasteiger partial charge < -0.3 is 10.6 Å². The van der Waals surface area contributed by atoms with Crippen LogP contribution in [0.1, 0.15) is 0 Å². The van der Waals surface area contributed by atoms with Crippen molar-refractivity contribution in [3.63, 3.8) is 0 Å². The highest BCUT2D eigenvalue weighted by molar-refractivity contribution is 9.10. The molecule has 2 N–H and O–H groups in total. The van der Waals surface area contributed by atoms with E-state index in [2.05, 4.69) is 20.9 Å². The Labute approximate surface area is 142 Å². The lowest BCUT2D eigenvalue weighted by Gasteiger charge is -2.18. The Hall–Kier alpha value is -2.40. The van der Waals surface area contributed by atoms with Crippen LogP contribution in [0.3, 0.4) is 0 Å². The Bertz CT molecular complexity index is 887. The quantitative estimate of drug-likeness (QED) is 0.518. The molecular weight excluding hydrogens is 357 g/mol. The number of halogens is 2. The largest absolute Gasteiger partial charge is 0.369 e. The van der Waals surface area contributed by atoms with Crippen molar-refractivity contribution in [2.75, 3.05) is 11.9 Å². The minimum Gasteiger partial charge on any atom is -0.369 e. The number of anilines is 1. The van der Waals surface area contributed by atoms with Gasteiger partial charge in [0.1, 0.15) is 5.82 Å². The van der Waals surface area contributed by atoms with Crippen molar-refractivity contribution in [1.29, 1.82) is 0 Å². The van der Waals surface area contributed by atoms with E-state index in [1.165, 1.54) is 6.07 Å². The minimum atomic E-state index is -0.313. The van der Waals surface area contributed by atoms with Crippen LogP contribution >= 0.6 is 15.9 Å². The first-order valence-corrected chi connectivity index (χ1v) is 7.86. The molecule has 0 unspecified atom stereocenters. The van der Waals surface area contributed by atoms with Crippen molar-refractivity contribution in [2.45, 2.75) is 0 Å². The summed E-state index contributed by atoms with van der Waals surface area (Å²) in [5.41, 5.74) is 7.68. The zero-order valence-electron chi connectivity index (χ0n) is 12.5. The van der Waals surface area contributed by atoms with Gasteiger partial charge in [-0.2, -0.15) is 0 Å². The maximum absolute atomic E-state index is 13.4. The summed E-state index contributed by atoms with van der Waals surface area (Å²) in [6.45, 7) is 0. The predicted octanol–water partition coefficient (Wildman–Crippen LogP) is 4.82. The van der Waals surface area contributed by atoms with Gasteiger partial charge >= 0.3 is 0 Å². The Morgan fingerprint density at radius 2 is 1.83 bits per heavy atom. The highest BCUT2D eigenvalue weighted by atomic mass is 79.9. The van der Waals surface area contributed by atoms with Crippen LogP contribution in [-0.4, -0.2) is 13.0 Å². The molecule has 23 heavy (non-hydrogen) atoms. The second-order valence-corrected chi connectivity index (χ2v) is 5.98. The van der Waals surface area contributed by atoms with Crippen molar-refractivity contribution in [3.8, 4) is 0 Å². The molecule has 116 valence electrons. The molecule has 5 heteroatoms. The summed E-state index contributed by atoms with van der Waals surface area (Å²) < 4.78 is 13.7. The number of hydrogen-bond acceptors (Lipinski definition) is 1. The second-order valence-electron chi connectivity index (χ2n) is 5.13. The van der Waals surface area contributed by atoms with Crippen LogP contribution in [0.5, 0.6) is 0 Å². The molecule has 0 aliphatic carbocycles. The predicted molar refractivity (Wildman–Crippen MR) is 97.7 cm³/mol. The maximum Gasteiger partial charge on any atom is 0.200 e. The Morgan fingerprint density at radius 3 is 2.61 bits per heavy atom. The number of fused-ring (bicyclic) bond motifs is 1. The van der Waals surface area contributed by atoms with E-state index in [0.717, 1.165) is 22.1 Å². The van der Waals surface area contributed by atoms with Crippen molar-refractivity contribution in [3.05, 3.63) is 71.0 Å². The lowest BCUT2D eigenvalue weighted by molar-refractivity contribution is 0.621. The van der Waals surface area contributed by atoms with Crippen molar-refractivity contribution in [2.24, 2.45) is 10.7 Å². The molecule has 0 aliphatic heterocycles.